The Labute approximate surface area is 117 Å². The van der Waals surface area contributed by atoms with Gasteiger partial charge in [0.2, 0.25) is 0 Å². The molecule has 0 radical (unpaired) electrons. The smallest absolute Gasteiger partial charge is 0.285 e. The zero-order valence-electron chi connectivity index (χ0n) is 11.0. The van der Waals surface area contributed by atoms with Crippen LogP contribution in [0, 0.1) is 10.1 Å². The van der Waals surface area contributed by atoms with Crippen molar-refractivity contribution in [2.45, 2.75) is 25.4 Å². The first-order chi connectivity index (χ1) is 9.79. The molecular weight excluding hydrogens is 287 g/mol. The molecule has 112 valence electrons. The van der Waals surface area contributed by atoms with Crippen molar-refractivity contribution < 1.29 is 18.1 Å². The number of nitro groups is 1. The number of nitro benzene ring substituents is 1. The fourth-order valence-corrected chi connectivity index (χ4v) is 2.07. The number of halogens is 3. The Morgan fingerprint density at radius 3 is 2.76 bits per heavy atom. The van der Waals surface area contributed by atoms with Gasteiger partial charge in [0.05, 0.1) is 16.2 Å². The maximum atomic E-state index is 12.8. The zero-order valence-corrected chi connectivity index (χ0v) is 11.0. The molecule has 1 unspecified atom stereocenters. The summed E-state index contributed by atoms with van der Waals surface area (Å²) in [6.45, 7) is 1.70. The maximum Gasteiger partial charge on any atom is 0.419 e. The molecule has 1 aromatic heterocycles. The van der Waals surface area contributed by atoms with E-state index in [1.165, 1.54) is 18.2 Å². The second kappa shape index (κ2) is 5.55. The molecule has 0 saturated heterocycles. The highest BCUT2D eigenvalue weighted by atomic mass is 19.4. The lowest BCUT2D eigenvalue weighted by Gasteiger charge is -2.12. The molecule has 2 aromatic rings. The van der Waals surface area contributed by atoms with E-state index in [1.807, 2.05) is 0 Å². The van der Waals surface area contributed by atoms with Crippen LogP contribution in [0.25, 0.3) is 0 Å². The number of rotatable bonds is 4. The topological polar surface area (TPSA) is 71.8 Å². The van der Waals surface area contributed by atoms with Crippen molar-refractivity contribution >= 4 is 5.69 Å². The normalized spacial score (nSPS) is 13.1. The molecule has 2 rings (SSSR count). The minimum absolute atomic E-state index is 0.0412. The van der Waals surface area contributed by atoms with E-state index >= 15 is 0 Å². The highest BCUT2D eigenvalue weighted by molar-refractivity contribution is 5.36. The van der Waals surface area contributed by atoms with Gasteiger partial charge in [-0.3, -0.25) is 15.2 Å². The van der Waals surface area contributed by atoms with Crippen LogP contribution in [0.15, 0.2) is 30.5 Å². The number of benzene rings is 1. The van der Waals surface area contributed by atoms with E-state index in [4.69, 9.17) is 0 Å². The van der Waals surface area contributed by atoms with Crippen LogP contribution < -0.4 is 0 Å². The van der Waals surface area contributed by atoms with Crippen molar-refractivity contribution in [1.29, 1.82) is 0 Å². The van der Waals surface area contributed by atoms with Gasteiger partial charge in [0, 0.05) is 18.3 Å². The number of H-pyrrole nitrogens is 1. The second-order valence-electron chi connectivity index (χ2n) is 4.70. The highest BCUT2D eigenvalue weighted by Gasteiger charge is 2.35. The Bertz CT molecular complexity index is 652. The highest BCUT2D eigenvalue weighted by Crippen LogP contribution is 2.33. The van der Waals surface area contributed by atoms with Crippen molar-refractivity contribution in [2.75, 3.05) is 0 Å². The van der Waals surface area contributed by atoms with Crippen LogP contribution in [0.3, 0.4) is 0 Å². The summed E-state index contributed by atoms with van der Waals surface area (Å²) in [6, 6.07) is 5.87. The number of aromatic amines is 1. The van der Waals surface area contributed by atoms with Crippen LogP contribution >= 0.6 is 0 Å². The third kappa shape index (κ3) is 3.39. The molecule has 0 spiro atoms. The first-order valence-electron chi connectivity index (χ1n) is 6.13. The summed E-state index contributed by atoms with van der Waals surface area (Å²) in [6.07, 6.45) is -3.61. The van der Waals surface area contributed by atoms with Crippen LogP contribution in [0.5, 0.6) is 0 Å². The van der Waals surface area contributed by atoms with Gasteiger partial charge in [-0.15, -0.1) is 0 Å². The number of hydrogen-bond donors (Lipinski definition) is 1. The summed E-state index contributed by atoms with van der Waals surface area (Å²) in [7, 11) is 0. The molecule has 21 heavy (non-hydrogen) atoms. The SMILES string of the molecule is CC(Cc1n[nH]cc1C(F)(F)F)c1cccc([N+](=O)[O-])c1. The summed E-state index contributed by atoms with van der Waals surface area (Å²) in [4.78, 5) is 10.2. The largest absolute Gasteiger partial charge is 0.419 e. The fourth-order valence-electron chi connectivity index (χ4n) is 2.07. The molecule has 0 fully saturated rings. The monoisotopic (exact) mass is 299 g/mol. The summed E-state index contributed by atoms with van der Waals surface area (Å²) in [5.41, 5.74) is -0.390. The van der Waals surface area contributed by atoms with Gasteiger partial charge in [-0.05, 0) is 17.9 Å². The van der Waals surface area contributed by atoms with Crippen molar-refractivity contribution in [2.24, 2.45) is 0 Å². The Balaban J connectivity index is 2.23. The molecule has 0 aliphatic carbocycles. The van der Waals surface area contributed by atoms with E-state index in [9.17, 15) is 23.3 Å². The number of nitrogens with one attached hydrogen (secondary N) is 1. The van der Waals surface area contributed by atoms with E-state index < -0.39 is 16.7 Å². The van der Waals surface area contributed by atoms with Crippen molar-refractivity contribution in [3.8, 4) is 0 Å². The molecule has 0 aliphatic rings. The molecule has 0 bridgehead atoms. The third-order valence-electron chi connectivity index (χ3n) is 3.17. The van der Waals surface area contributed by atoms with Gasteiger partial charge < -0.3 is 0 Å². The molecule has 1 atom stereocenters. The van der Waals surface area contributed by atoms with E-state index in [-0.39, 0.29) is 23.7 Å². The molecule has 0 aliphatic heterocycles. The zero-order chi connectivity index (χ0) is 15.6. The molecule has 1 aromatic carbocycles. The predicted molar refractivity (Wildman–Crippen MR) is 68.8 cm³/mol. The van der Waals surface area contributed by atoms with Gasteiger partial charge in [-0.25, -0.2) is 0 Å². The van der Waals surface area contributed by atoms with Gasteiger partial charge in [0.25, 0.3) is 5.69 Å². The lowest BCUT2D eigenvalue weighted by Crippen LogP contribution is -2.09. The van der Waals surface area contributed by atoms with Crippen LogP contribution in [0.4, 0.5) is 18.9 Å². The molecule has 5 nitrogen and oxygen atoms in total. The van der Waals surface area contributed by atoms with Gasteiger partial charge in [-0.2, -0.15) is 18.3 Å². The summed E-state index contributed by atoms with van der Waals surface area (Å²) < 4.78 is 38.3. The maximum absolute atomic E-state index is 12.8. The Kier molecular flexibility index (Phi) is 3.97. The quantitative estimate of drug-likeness (QED) is 0.691. The number of non-ortho nitro benzene ring substituents is 1. The minimum Gasteiger partial charge on any atom is -0.285 e. The Morgan fingerprint density at radius 1 is 1.43 bits per heavy atom. The summed E-state index contributed by atoms with van der Waals surface area (Å²) in [5, 5.41) is 16.6. The summed E-state index contributed by atoms with van der Waals surface area (Å²) >= 11 is 0. The minimum atomic E-state index is -4.47. The van der Waals surface area contributed by atoms with Gasteiger partial charge >= 0.3 is 6.18 Å². The van der Waals surface area contributed by atoms with E-state index in [0.717, 1.165) is 6.20 Å². The van der Waals surface area contributed by atoms with Gasteiger partial charge in [-0.1, -0.05) is 19.1 Å². The molecule has 8 heteroatoms. The molecule has 0 amide bonds. The van der Waals surface area contributed by atoms with Gasteiger partial charge in [0.1, 0.15) is 0 Å². The lowest BCUT2D eigenvalue weighted by molar-refractivity contribution is -0.384. The van der Waals surface area contributed by atoms with E-state index in [1.54, 1.807) is 13.0 Å². The molecule has 0 saturated carbocycles. The summed E-state index contributed by atoms with van der Waals surface area (Å²) in [5.74, 6) is -0.325. The van der Waals surface area contributed by atoms with E-state index in [0.29, 0.717) is 5.56 Å². The Morgan fingerprint density at radius 2 is 2.14 bits per heavy atom. The average molecular weight is 299 g/mol. The van der Waals surface area contributed by atoms with Crippen LogP contribution in [0.1, 0.15) is 29.7 Å². The number of alkyl halides is 3. The fraction of sp³-hybridized carbons (Fsp3) is 0.308. The standard InChI is InChI=1S/C13H12F3N3O2/c1-8(9-3-2-4-10(6-9)19(20)21)5-12-11(7-17-18-12)13(14,15)16/h2-4,6-8H,5H2,1H3,(H,17,18). The number of nitrogens with zero attached hydrogens (tertiary/aromatic N) is 2. The molecular formula is C13H12F3N3O2. The first kappa shape index (κ1) is 15.0. The van der Waals surface area contributed by atoms with Crippen LogP contribution in [-0.2, 0) is 12.6 Å². The van der Waals surface area contributed by atoms with Crippen molar-refractivity contribution in [3.63, 3.8) is 0 Å². The lowest BCUT2D eigenvalue weighted by atomic mass is 9.94. The predicted octanol–water partition coefficient (Wildman–Crippen LogP) is 3.68. The molecule has 1 N–H and O–H groups in total. The molecule has 1 heterocycles. The van der Waals surface area contributed by atoms with Crippen LogP contribution in [0.2, 0.25) is 0 Å². The number of aromatic nitrogens is 2. The van der Waals surface area contributed by atoms with E-state index in [2.05, 4.69) is 10.2 Å². The van der Waals surface area contributed by atoms with Crippen molar-refractivity contribution in [3.05, 3.63) is 57.4 Å². The van der Waals surface area contributed by atoms with Gasteiger partial charge in [0.15, 0.2) is 0 Å². The number of hydrogen-bond acceptors (Lipinski definition) is 3. The average Bonchev–Trinajstić information content (AvgIpc) is 2.87. The van der Waals surface area contributed by atoms with Crippen molar-refractivity contribution in [1.82, 2.24) is 10.2 Å². The Hall–Kier alpha value is -2.38. The second-order valence-corrected chi connectivity index (χ2v) is 4.70. The van der Waals surface area contributed by atoms with Crippen LogP contribution in [-0.4, -0.2) is 15.1 Å². The third-order valence-corrected chi connectivity index (χ3v) is 3.17. The first-order valence-corrected chi connectivity index (χ1v) is 6.13.